The number of guanidine groups is 1. The van der Waals surface area contributed by atoms with E-state index in [2.05, 4.69) is 51.8 Å². The number of fused-ring (bicyclic) bond motifs is 2. The summed E-state index contributed by atoms with van der Waals surface area (Å²) in [7, 11) is 1.86. The molecule has 0 radical (unpaired) electrons. The van der Waals surface area contributed by atoms with Gasteiger partial charge in [-0.05, 0) is 99.5 Å². The van der Waals surface area contributed by atoms with Gasteiger partial charge >= 0.3 is 12.4 Å². The van der Waals surface area contributed by atoms with Crippen LogP contribution in [0, 0.1) is 19.7 Å². The van der Waals surface area contributed by atoms with Gasteiger partial charge in [0.25, 0.3) is 11.8 Å². The van der Waals surface area contributed by atoms with Crippen molar-refractivity contribution < 1.29 is 49.8 Å². The second-order valence-corrected chi connectivity index (χ2v) is 21.7. The zero-order valence-corrected chi connectivity index (χ0v) is 47.5. The maximum Gasteiger partial charge on any atom is 0.419 e. The number of rotatable bonds is 15. The van der Waals surface area contributed by atoms with Crippen molar-refractivity contribution in [3.05, 3.63) is 148 Å². The molecular weight excluding hydrogens is 1160 g/mol. The lowest BCUT2D eigenvalue weighted by atomic mass is 10.0. The number of piperazine rings is 1. The number of imidazole rings is 1. The van der Waals surface area contributed by atoms with Crippen LogP contribution in [0.15, 0.2) is 118 Å². The summed E-state index contributed by atoms with van der Waals surface area (Å²) >= 11 is 0. The number of ether oxygens (including phenoxy) is 2. The van der Waals surface area contributed by atoms with Crippen molar-refractivity contribution in [3.8, 4) is 5.69 Å². The Morgan fingerprint density at radius 3 is 2.26 bits per heavy atom. The third-order valence-electron chi connectivity index (χ3n) is 15.4. The zero-order chi connectivity index (χ0) is 61.4. The van der Waals surface area contributed by atoms with E-state index in [0.717, 1.165) is 18.6 Å². The first kappa shape index (κ1) is 58.8. The molecule has 0 spiro atoms. The number of nitrogens with zero attached hydrogens (tertiary/aromatic N) is 12. The van der Waals surface area contributed by atoms with E-state index in [9.17, 15) is 35.9 Å². The topological polar surface area (TPSA) is 241 Å². The van der Waals surface area contributed by atoms with Crippen molar-refractivity contribution in [2.45, 2.75) is 63.7 Å². The first-order chi connectivity index (χ1) is 42.2. The summed E-state index contributed by atoms with van der Waals surface area (Å²) < 4.78 is 114. The van der Waals surface area contributed by atoms with Crippen LogP contribution in [0.4, 0.5) is 70.9 Å². The number of aromatic nitrogens is 6. The maximum atomic E-state index is 15.7. The van der Waals surface area contributed by atoms with Crippen LogP contribution in [0.25, 0.3) is 16.7 Å². The summed E-state index contributed by atoms with van der Waals surface area (Å²) in [5, 5.41) is 18.6. The lowest BCUT2D eigenvalue weighted by Crippen LogP contribution is -2.48. The number of carbonyl (C=O) groups excluding carboxylic acids is 2. The molecule has 88 heavy (non-hydrogen) atoms. The lowest BCUT2D eigenvalue weighted by molar-refractivity contribution is -0.140. The Hall–Kier alpha value is -9.61. The van der Waals surface area contributed by atoms with Crippen molar-refractivity contribution in [1.29, 1.82) is 0 Å². The largest absolute Gasteiger partial charge is 0.419 e. The number of likely N-dealkylation sites (N-methyl/N-ethyl adjacent to an activating group) is 1. The second kappa shape index (κ2) is 24.3. The van der Waals surface area contributed by atoms with Crippen LogP contribution in [-0.2, 0) is 28.4 Å². The molecule has 4 aromatic carbocycles. The van der Waals surface area contributed by atoms with Gasteiger partial charge in [-0.3, -0.25) is 9.59 Å². The molecule has 12 rings (SSSR count). The molecule has 2 amide bonds. The number of aliphatic imine (C=N–C) groups is 3. The average molecular weight is 1220 g/mol. The van der Waals surface area contributed by atoms with Crippen LogP contribution >= 0.6 is 0 Å². The minimum Gasteiger partial charge on any atom is -0.379 e. The molecule has 5 aliphatic heterocycles. The van der Waals surface area contributed by atoms with E-state index in [1.165, 1.54) is 52.6 Å². The van der Waals surface area contributed by atoms with Gasteiger partial charge in [0.1, 0.15) is 23.4 Å². The van der Waals surface area contributed by atoms with Crippen LogP contribution in [0.3, 0.4) is 0 Å². The first-order valence-corrected chi connectivity index (χ1v) is 28.1. The highest BCUT2D eigenvalue weighted by molar-refractivity contribution is 6.06. The van der Waals surface area contributed by atoms with Crippen LogP contribution in [0.5, 0.6) is 0 Å². The van der Waals surface area contributed by atoms with Gasteiger partial charge in [-0.2, -0.15) is 26.3 Å². The fourth-order valence-corrected chi connectivity index (χ4v) is 10.6. The molecule has 3 fully saturated rings. The molecular formula is C59H57F7N18O4. The van der Waals surface area contributed by atoms with Gasteiger partial charge in [-0.1, -0.05) is 12.1 Å². The predicted octanol–water partition coefficient (Wildman–Crippen LogP) is 8.91. The molecule has 3 saturated heterocycles. The number of carbonyl (C=O) groups is 2. The number of hydrogen-bond acceptors (Lipinski definition) is 17. The van der Waals surface area contributed by atoms with Crippen LogP contribution in [0.1, 0.15) is 61.5 Å². The number of halogens is 7. The standard InChI is InChI=1S/C59H57F7N18O4/c1-32-4-5-34(54(85)73-40-18-37(58(61,62)63)19-42(20-40)83-25-33(2)71-30-83)16-44(32)77-53-51-48(24-68-57(80-51)76-39-9-15-88-28-39)84(31-72-53)26-36-7-6-35(17-45(36)78-52-50-46(69-29-70-52)23-67-56(79-50)75-38-8-14-87-27-38)55(86)74-41-21-43(59(64,65)66)49(60)47(22-41)82-12-10-81(3)11-13-82/h4-7,16-25,29-31,38-39,48,77H,8-15,26-28H2,1-3H3,(H,73,85)(H,74,86)(H,76,80)(H,67,75,79)(H,69,70,78). The fourth-order valence-electron chi connectivity index (χ4n) is 10.6. The van der Waals surface area contributed by atoms with E-state index < -0.39 is 47.2 Å². The number of alkyl halides is 6. The lowest BCUT2D eigenvalue weighted by Gasteiger charge is -2.36. The molecule has 29 heteroatoms. The van der Waals surface area contributed by atoms with Crippen molar-refractivity contribution in [2.24, 2.45) is 15.0 Å². The number of hydrogen-bond donors (Lipinski definition) is 6. The van der Waals surface area contributed by atoms with E-state index in [4.69, 9.17) is 29.4 Å². The van der Waals surface area contributed by atoms with Crippen LogP contribution < -0.4 is 36.8 Å². The predicted molar refractivity (Wildman–Crippen MR) is 316 cm³/mol. The Balaban J connectivity index is 0.869. The molecule has 22 nitrogen and oxygen atoms in total. The van der Waals surface area contributed by atoms with E-state index in [1.54, 1.807) is 56.9 Å². The smallest absolute Gasteiger partial charge is 0.379 e. The van der Waals surface area contributed by atoms with Gasteiger partial charge in [0.2, 0.25) is 11.9 Å². The maximum absolute atomic E-state index is 15.7. The fraction of sp³-hybridized carbons (Fsp3) is 0.322. The summed E-state index contributed by atoms with van der Waals surface area (Å²) in [5.74, 6) is -1.84. The Morgan fingerprint density at radius 2 is 1.55 bits per heavy atom. The zero-order valence-electron chi connectivity index (χ0n) is 47.5. The molecule has 0 aliphatic carbocycles. The molecule has 0 bridgehead atoms. The van der Waals surface area contributed by atoms with Crippen molar-refractivity contribution in [2.75, 3.05) is 91.1 Å². The summed E-state index contributed by atoms with van der Waals surface area (Å²) in [6.45, 7) is 7.00. The number of aryl methyl sites for hydroxylation is 2. The minimum atomic E-state index is -5.08. The third kappa shape index (κ3) is 13.1. The first-order valence-electron chi connectivity index (χ1n) is 28.1. The molecule has 456 valence electrons. The van der Waals surface area contributed by atoms with E-state index in [-0.39, 0.29) is 77.4 Å². The number of anilines is 7. The van der Waals surface area contributed by atoms with E-state index >= 15 is 4.39 Å². The monoisotopic (exact) mass is 1210 g/mol. The van der Waals surface area contributed by atoms with Crippen molar-refractivity contribution >= 4 is 81.6 Å². The van der Waals surface area contributed by atoms with Gasteiger partial charge < -0.3 is 60.6 Å². The van der Waals surface area contributed by atoms with Crippen LogP contribution in [0.2, 0.25) is 0 Å². The van der Waals surface area contributed by atoms with E-state index in [1.807, 2.05) is 16.8 Å². The highest BCUT2D eigenvalue weighted by Crippen LogP contribution is 2.39. The normalized spacial score (nSPS) is 19.3. The van der Waals surface area contributed by atoms with Gasteiger partial charge in [0.05, 0.1) is 72.4 Å². The van der Waals surface area contributed by atoms with Crippen LogP contribution in [-0.4, -0.2) is 147 Å². The summed E-state index contributed by atoms with van der Waals surface area (Å²) in [6, 6.07) is 13.6. The molecule has 3 unspecified atom stereocenters. The minimum absolute atomic E-state index is 0.00861. The molecule has 3 aromatic heterocycles. The Labute approximate surface area is 498 Å². The van der Waals surface area contributed by atoms with Gasteiger partial charge in [-0.25, -0.2) is 44.3 Å². The van der Waals surface area contributed by atoms with Crippen molar-refractivity contribution in [1.82, 2.24) is 44.6 Å². The molecule has 6 N–H and O–H groups in total. The third-order valence-corrected chi connectivity index (χ3v) is 15.4. The van der Waals surface area contributed by atoms with Gasteiger partial charge in [0.15, 0.2) is 17.5 Å². The Kier molecular flexibility index (Phi) is 16.2. The summed E-state index contributed by atoms with van der Waals surface area (Å²) in [5.41, 5.74) is 0.876. The van der Waals surface area contributed by atoms with Gasteiger partial charge in [-0.15, -0.1) is 0 Å². The summed E-state index contributed by atoms with van der Waals surface area (Å²) in [6.07, 6.45) is 0.660. The average Bonchev–Trinajstić information content (AvgIpc) is 2.45. The van der Waals surface area contributed by atoms with E-state index in [0.29, 0.717) is 109 Å². The van der Waals surface area contributed by atoms with Crippen molar-refractivity contribution in [3.63, 3.8) is 0 Å². The molecule has 8 heterocycles. The SMILES string of the molecule is Cc1cn(-c2cc(NC(=O)c3ccc(C)c(NC4=C5NC(=NC6CCOC6)N=CC5N(Cc5ccc(C(=O)Nc6cc(N7CCN(C)CC7)c(F)c(C(F)(F)F)c6)cc5Nc5ncnc6cnc(NC7CCOC7)nc56)C=N4)c3)cc(C(F)(F)F)c2)cn1. The molecule has 0 saturated carbocycles. The molecule has 7 aromatic rings. The highest BCUT2D eigenvalue weighted by Gasteiger charge is 2.38. The molecule has 3 atom stereocenters. The quantitative estimate of drug-likeness (QED) is 0.0525. The highest BCUT2D eigenvalue weighted by atomic mass is 19.4. The number of nitrogens with one attached hydrogen (secondary N) is 6. The second-order valence-electron chi connectivity index (χ2n) is 21.7. The number of benzene rings is 4. The Bertz CT molecular complexity index is 3960. The van der Waals surface area contributed by atoms with Gasteiger partial charge in [0, 0.05) is 97.9 Å². The summed E-state index contributed by atoms with van der Waals surface area (Å²) in [4.78, 5) is 70.4. The number of amides is 2. The Morgan fingerprint density at radius 1 is 0.795 bits per heavy atom. The molecule has 5 aliphatic rings.